The molecule has 2 aromatic heterocycles. The van der Waals surface area contributed by atoms with Crippen LogP contribution < -0.4 is 5.32 Å². The van der Waals surface area contributed by atoms with Crippen LogP contribution in [0, 0.1) is 13.8 Å². The Hall–Kier alpha value is -2.47. The van der Waals surface area contributed by atoms with Gasteiger partial charge >= 0.3 is 0 Å². The first-order chi connectivity index (χ1) is 12.0. The van der Waals surface area contributed by atoms with E-state index >= 15 is 0 Å². The fraction of sp³-hybridized carbons (Fsp3) is 0.333. The number of nitrogens with zero attached hydrogens (tertiary/aromatic N) is 4. The first-order valence-electron chi connectivity index (χ1n) is 8.21. The number of fused-ring (bicyclic) bond motifs is 1. The third-order valence-corrected chi connectivity index (χ3v) is 4.49. The number of hydrogen-bond acceptors (Lipinski definition) is 4. The largest absolute Gasteiger partial charge is 0.356 e. The summed E-state index contributed by atoms with van der Waals surface area (Å²) in [6.45, 7) is 4.53. The highest BCUT2D eigenvalue weighted by Gasteiger charge is 2.12. The summed E-state index contributed by atoms with van der Waals surface area (Å²) in [5, 5.41) is 7.85. The molecule has 0 saturated carbocycles. The van der Waals surface area contributed by atoms with Crippen molar-refractivity contribution in [1.82, 2.24) is 24.9 Å². The summed E-state index contributed by atoms with van der Waals surface area (Å²) in [5.41, 5.74) is 4.07. The summed E-state index contributed by atoms with van der Waals surface area (Å²) in [7, 11) is 0. The number of hydrogen-bond donors (Lipinski definition) is 1. The lowest BCUT2D eigenvalue weighted by Gasteiger charge is -2.10. The molecule has 0 aliphatic carbocycles. The molecule has 6 nitrogen and oxygen atoms in total. The zero-order valence-electron chi connectivity index (χ0n) is 14.3. The molecule has 2 heterocycles. The van der Waals surface area contributed by atoms with E-state index in [1.54, 1.807) is 4.52 Å². The van der Waals surface area contributed by atoms with Crippen molar-refractivity contribution in [3.8, 4) is 0 Å². The van der Waals surface area contributed by atoms with Crippen molar-refractivity contribution in [3.63, 3.8) is 0 Å². The molecule has 0 aliphatic rings. The van der Waals surface area contributed by atoms with Gasteiger partial charge in [0.25, 0.3) is 5.78 Å². The van der Waals surface area contributed by atoms with E-state index in [1.165, 1.54) is 6.33 Å². The highest BCUT2D eigenvalue weighted by molar-refractivity contribution is 6.30. The SMILES string of the molecule is Cc1nc2ncnn2c(C)c1CCC(=O)NCCc1ccc(Cl)cc1. The van der Waals surface area contributed by atoms with Gasteiger partial charge in [-0.15, -0.1) is 0 Å². The minimum absolute atomic E-state index is 0.0338. The summed E-state index contributed by atoms with van der Waals surface area (Å²) in [6.07, 6.45) is 3.33. The van der Waals surface area contributed by atoms with Crippen molar-refractivity contribution in [1.29, 1.82) is 0 Å². The van der Waals surface area contributed by atoms with Crippen LogP contribution in [0.2, 0.25) is 5.02 Å². The Balaban J connectivity index is 1.53. The number of aromatic nitrogens is 4. The maximum atomic E-state index is 12.1. The van der Waals surface area contributed by atoms with Gasteiger partial charge in [0.1, 0.15) is 6.33 Å². The Morgan fingerprint density at radius 1 is 1.20 bits per heavy atom. The number of halogens is 1. The molecule has 0 atom stereocenters. The second kappa shape index (κ2) is 7.61. The quantitative estimate of drug-likeness (QED) is 0.736. The van der Waals surface area contributed by atoms with Crippen LogP contribution in [0.25, 0.3) is 5.78 Å². The number of nitrogens with one attached hydrogen (secondary N) is 1. The number of amides is 1. The van der Waals surface area contributed by atoms with Crippen LogP contribution in [0.3, 0.4) is 0 Å². The summed E-state index contributed by atoms with van der Waals surface area (Å²) >= 11 is 5.87. The van der Waals surface area contributed by atoms with Crippen LogP contribution >= 0.6 is 11.6 Å². The molecule has 0 unspecified atom stereocenters. The van der Waals surface area contributed by atoms with Crippen LogP contribution in [-0.2, 0) is 17.6 Å². The highest BCUT2D eigenvalue weighted by atomic mass is 35.5. The monoisotopic (exact) mass is 357 g/mol. The normalized spacial score (nSPS) is 11.0. The molecule has 1 aromatic carbocycles. The molecule has 0 bridgehead atoms. The van der Waals surface area contributed by atoms with Crippen molar-refractivity contribution >= 4 is 23.3 Å². The lowest BCUT2D eigenvalue weighted by atomic mass is 10.1. The summed E-state index contributed by atoms with van der Waals surface area (Å²) in [4.78, 5) is 20.6. The van der Waals surface area contributed by atoms with E-state index in [1.807, 2.05) is 38.1 Å². The smallest absolute Gasteiger partial charge is 0.252 e. The standard InChI is InChI=1S/C18H20ClN5O/c1-12-16(13(2)24-18(23-12)21-11-22-24)7-8-17(25)20-10-9-14-3-5-15(19)6-4-14/h3-6,11H,7-10H2,1-2H3,(H,20,25). The van der Waals surface area contributed by atoms with E-state index < -0.39 is 0 Å². The van der Waals surface area contributed by atoms with Gasteiger partial charge in [0.2, 0.25) is 5.91 Å². The van der Waals surface area contributed by atoms with Gasteiger partial charge in [0.05, 0.1) is 0 Å². The van der Waals surface area contributed by atoms with Crippen LogP contribution in [-0.4, -0.2) is 32.0 Å². The second-order valence-corrected chi connectivity index (χ2v) is 6.40. The zero-order chi connectivity index (χ0) is 17.8. The van der Waals surface area contributed by atoms with Crippen molar-refractivity contribution in [2.24, 2.45) is 0 Å². The van der Waals surface area contributed by atoms with Gasteiger partial charge in [-0.3, -0.25) is 4.79 Å². The van der Waals surface area contributed by atoms with Crippen LogP contribution in [0.1, 0.15) is 28.9 Å². The predicted molar refractivity (Wildman–Crippen MR) is 96.7 cm³/mol. The van der Waals surface area contributed by atoms with Gasteiger partial charge < -0.3 is 5.32 Å². The molecule has 0 fully saturated rings. The van der Waals surface area contributed by atoms with Crippen molar-refractivity contribution in [2.45, 2.75) is 33.1 Å². The van der Waals surface area contributed by atoms with Crippen molar-refractivity contribution in [2.75, 3.05) is 6.54 Å². The van der Waals surface area contributed by atoms with Crippen molar-refractivity contribution in [3.05, 3.63) is 58.1 Å². The van der Waals surface area contributed by atoms with Crippen molar-refractivity contribution < 1.29 is 4.79 Å². The molecule has 3 rings (SSSR count). The van der Waals surface area contributed by atoms with Gasteiger partial charge in [-0.25, -0.2) is 9.50 Å². The average molecular weight is 358 g/mol. The molecule has 1 N–H and O–H groups in total. The Bertz CT molecular complexity index is 888. The van der Waals surface area contributed by atoms with Gasteiger partial charge in [0.15, 0.2) is 0 Å². The van der Waals surface area contributed by atoms with Gasteiger partial charge in [0, 0.05) is 29.4 Å². The minimum Gasteiger partial charge on any atom is -0.356 e. The Morgan fingerprint density at radius 2 is 1.96 bits per heavy atom. The zero-order valence-corrected chi connectivity index (χ0v) is 15.0. The molecule has 0 spiro atoms. The van der Waals surface area contributed by atoms with E-state index in [2.05, 4.69) is 20.4 Å². The van der Waals surface area contributed by atoms with Crippen LogP contribution in [0.15, 0.2) is 30.6 Å². The number of rotatable bonds is 6. The molecule has 0 saturated heterocycles. The average Bonchev–Trinajstić information content (AvgIpc) is 3.05. The molecule has 3 aromatic rings. The molecular weight excluding hydrogens is 338 g/mol. The molecule has 0 radical (unpaired) electrons. The topological polar surface area (TPSA) is 72.2 Å². The lowest BCUT2D eigenvalue weighted by Crippen LogP contribution is -2.26. The third kappa shape index (κ3) is 4.14. The molecular formula is C18H20ClN5O. The maximum Gasteiger partial charge on any atom is 0.252 e. The first-order valence-corrected chi connectivity index (χ1v) is 8.59. The summed E-state index contributed by atoms with van der Waals surface area (Å²) in [5.74, 6) is 0.623. The Kier molecular flexibility index (Phi) is 5.28. The summed E-state index contributed by atoms with van der Waals surface area (Å²) < 4.78 is 1.71. The molecule has 25 heavy (non-hydrogen) atoms. The van der Waals surface area contributed by atoms with E-state index in [4.69, 9.17) is 11.6 Å². The van der Waals surface area contributed by atoms with E-state index in [-0.39, 0.29) is 5.91 Å². The van der Waals surface area contributed by atoms with Gasteiger partial charge in [-0.05, 0) is 49.9 Å². The molecule has 7 heteroatoms. The number of carbonyl (C=O) groups excluding carboxylic acids is 1. The highest BCUT2D eigenvalue weighted by Crippen LogP contribution is 2.15. The lowest BCUT2D eigenvalue weighted by molar-refractivity contribution is -0.121. The van der Waals surface area contributed by atoms with E-state index in [0.29, 0.717) is 25.2 Å². The predicted octanol–water partition coefficient (Wildman–Crippen LogP) is 2.69. The molecule has 0 aliphatic heterocycles. The maximum absolute atomic E-state index is 12.1. The fourth-order valence-corrected chi connectivity index (χ4v) is 2.97. The van der Waals surface area contributed by atoms with Gasteiger partial charge in [-0.2, -0.15) is 10.1 Å². The number of carbonyl (C=O) groups is 1. The van der Waals surface area contributed by atoms with E-state index in [0.717, 1.165) is 34.0 Å². The number of aryl methyl sites for hydroxylation is 2. The molecule has 130 valence electrons. The van der Waals surface area contributed by atoms with Crippen LogP contribution in [0.4, 0.5) is 0 Å². The van der Waals surface area contributed by atoms with Gasteiger partial charge in [-0.1, -0.05) is 23.7 Å². The molecule has 1 amide bonds. The van der Waals surface area contributed by atoms with Crippen LogP contribution in [0.5, 0.6) is 0 Å². The Morgan fingerprint density at radius 3 is 2.72 bits per heavy atom. The third-order valence-electron chi connectivity index (χ3n) is 4.24. The van der Waals surface area contributed by atoms with E-state index in [9.17, 15) is 4.79 Å². The summed E-state index contributed by atoms with van der Waals surface area (Å²) in [6, 6.07) is 7.66. The second-order valence-electron chi connectivity index (χ2n) is 5.96. The first kappa shape index (κ1) is 17.4. The fourth-order valence-electron chi connectivity index (χ4n) is 2.84. The Labute approximate surface area is 151 Å². The number of benzene rings is 1. The minimum atomic E-state index is 0.0338.